The topological polar surface area (TPSA) is 16.1 Å². The van der Waals surface area contributed by atoms with Crippen molar-refractivity contribution >= 4 is 18.3 Å². The second-order valence-electron chi connectivity index (χ2n) is 2.92. The normalized spacial score (nSPS) is 10.6. The van der Waals surface area contributed by atoms with Gasteiger partial charge in [0.05, 0.1) is 0 Å². The SMILES string of the molecule is CN(C)c1cc([B-](F)(F)F)ccn1.[K+]. The first-order chi connectivity index (χ1) is 5.91. The van der Waals surface area contributed by atoms with Gasteiger partial charge in [-0.1, -0.05) is 6.07 Å². The molecule has 14 heavy (non-hydrogen) atoms. The average Bonchev–Trinajstić information content (AvgIpc) is 2.03. The van der Waals surface area contributed by atoms with E-state index in [1.54, 1.807) is 14.1 Å². The Kier molecular flexibility index (Phi) is 5.68. The van der Waals surface area contributed by atoms with Gasteiger partial charge in [0.2, 0.25) is 0 Å². The Morgan fingerprint density at radius 3 is 2.29 bits per heavy atom. The van der Waals surface area contributed by atoms with Gasteiger partial charge in [-0.05, 0) is 6.07 Å². The summed E-state index contributed by atoms with van der Waals surface area (Å²) >= 11 is 0. The molecule has 0 amide bonds. The van der Waals surface area contributed by atoms with Crippen LogP contribution < -0.4 is 61.7 Å². The maximum absolute atomic E-state index is 12.2. The smallest absolute Gasteiger partial charge is 0.445 e. The summed E-state index contributed by atoms with van der Waals surface area (Å²) in [6, 6.07) is 2.02. The minimum Gasteiger partial charge on any atom is -0.445 e. The van der Waals surface area contributed by atoms with E-state index in [2.05, 4.69) is 4.98 Å². The molecule has 0 radical (unpaired) electrons. The number of aromatic nitrogens is 1. The Balaban J connectivity index is 0.00000169. The van der Waals surface area contributed by atoms with E-state index < -0.39 is 12.4 Å². The van der Waals surface area contributed by atoms with Crippen LogP contribution in [0.25, 0.3) is 0 Å². The summed E-state index contributed by atoms with van der Waals surface area (Å²) in [5.41, 5.74) is -0.612. The number of hydrogen-bond donors (Lipinski definition) is 0. The molecule has 1 rings (SSSR count). The fourth-order valence-corrected chi connectivity index (χ4v) is 0.882. The third-order valence-corrected chi connectivity index (χ3v) is 1.61. The van der Waals surface area contributed by atoms with Gasteiger partial charge < -0.3 is 17.8 Å². The van der Waals surface area contributed by atoms with Crippen molar-refractivity contribution < 1.29 is 64.3 Å². The molecule has 0 aromatic carbocycles. The van der Waals surface area contributed by atoms with Gasteiger partial charge in [0.25, 0.3) is 0 Å². The summed E-state index contributed by atoms with van der Waals surface area (Å²) in [6.07, 6.45) is 1.17. The van der Waals surface area contributed by atoms with E-state index in [1.165, 1.54) is 11.1 Å². The van der Waals surface area contributed by atoms with Crippen molar-refractivity contribution in [3.05, 3.63) is 18.3 Å². The van der Waals surface area contributed by atoms with Crippen LogP contribution in [0.1, 0.15) is 0 Å². The number of halogens is 3. The van der Waals surface area contributed by atoms with Gasteiger partial charge in [0.15, 0.2) is 0 Å². The van der Waals surface area contributed by atoms with E-state index in [-0.39, 0.29) is 51.4 Å². The molecule has 0 aliphatic carbocycles. The molecule has 72 valence electrons. The molecule has 0 saturated carbocycles. The number of rotatable bonds is 2. The van der Waals surface area contributed by atoms with Gasteiger partial charge in [-0.15, -0.1) is 5.46 Å². The molecule has 1 aromatic rings. The number of nitrogens with zero attached hydrogens (tertiary/aromatic N) is 2. The van der Waals surface area contributed by atoms with Crippen molar-refractivity contribution in [3.63, 3.8) is 0 Å². The first kappa shape index (κ1) is 14.4. The van der Waals surface area contributed by atoms with Gasteiger partial charge in [-0.25, -0.2) is 4.98 Å². The van der Waals surface area contributed by atoms with E-state index >= 15 is 0 Å². The van der Waals surface area contributed by atoms with E-state index in [9.17, 15) is 12.9 Å². The van der Waals surface area contributed by atoms with Gasteiger partial charge in [-0.3, -0.25) is 0 Å². The third kappa shape index (κ3) is 3.90. The van der Waals surface area contributed by atoms with E-state index in [4.69, 9.17) is 0 Å². The molecule has 0 aliphatic rings. The van der Waals surface area contributed by atoms with Gasteiger partial charge in [-0.2, -0.15) is 0 Å². The maximum atomic E-state index is 12.2. The van der Waals surface area contributed by atoms with Gasteiger partial charge in [0.1, 0.15) is 5.82 Å². The molecule has 0 aliphatic heterocycles. The van der Waals surface area contributed by atoms with Crippen LogP contribution in [0.2, 0.25) is 0 Å². The standard InChI is InChI=1S/C7H9BF3N2.K/c1-13(2)7-5-6(3-4-12-7)8(9,10)11;/h3-5H,1-2H3;/q-1;+1. The van der Waals surface area contributed by atoms with Crippen LogP contribution in [-0.2, 0) is 0 Å². The zero-order valence-corrected chi connectivity index (χ0v) is 11.5. The Morgan fingerprint density at radius 2 is 1.86 bits per heavy atom. The predicted molar refractivity (Wildman–Crippen MR) is 47.3 cm³/mol. The molecule has 0 saturated heterocycles. The van der Waals surface area contributed by atoms with Crippen molar-refractivity contribution in [1.29, 1.82) is 0 Å². The third-order valence-electron chi connectivity index (χ3n) is 1.61. The van der Waals surface area contributed by atoms with Crippen molar-refractivity contribution in [3.8, 4) is 0 Å². The fourth-order valence-electron chi connectivity index (χ4n) is 0.882. The predicted octanol–water partition coefficient (Wildman–Crippen LogP) is -1.79. The second-order valence-corrected chi connectivity index (χ2v) is 2.92. The molecule has 1 aromatic heterocycles. The largest absolute Gasteiger partial charge is 1.00 e. The minimum atomic E-state index is -4.92. The van der Waals surface area contributed by atoms with Crippen LogP contribution in [-0.4, -0.2) is 26.1 Å². The first-order valence-electron chi connectivity index (χ1n) is 3.74. The summed E-state index contributed by atoms with van der Waals surface area (Å²) in [7, 11) is 3.30. The number of pyridine rings is 1. The molecule has 0 bridgehead atoms. The zero-order chi connectivity index (χ0) is 10.1. The van der Waals surface area contributed by atoms with Crippen LogP contribution in [0.15, 0.2) is 18.3 Å². The van der Waals surface area contributed by atoms with E-state index in [0.717, 1.165) is 12.1 Å². The minimum absolute atomic E-state index is 0. The Labute approximate surface area is 123 Å². The second kappa shape index (κ2) is 5.50. The summed E-state index contributed by atoms with van der Waals surface area (Å²) in [6.45, 7) is -4.92. The Hall–Kier alpha value is 0.441. The van der Waals surface area contributed by atoms with Crippen molar-refractivity contribution in [1.82, 2.24) is 4.98 Å². The van der Waals surface area contributed by atoms with E-state index in [0.29, 0.717) is 5.82 Å². The average molecular weight is 228 g/mol. The molecule has 0 N–H and O–H groups in total. The number of anilines is 1. The van der Waals surface area contributed by atoms with Crippen LogP contribution in [0.5, 0.6) is 0 Å². The molecular formula is C7H9BF3KN2. The fraction of sp³-hybridized carbons (Fsp3) is 0.286. The molecule has 0 spiro atoms. The first-order valence-corrected chi connectivity index (χ1v) is 3.74. The Morgan fingerprint density at radius 1 is 1.29 bits per heavy atom. The van der Waals surface area contributed by atoms with Crippen molar-refractivity contribution in [2.45, 2.75) is 0 Å². The molecule has 2 nitrogen and oxygen atoms in total. The van der Waals surface area contributed by atoms with Crippen LogP contribution in [0.4, 0.5) is 18.8 Å². The van der Waals surface area contributed by atoms with Gasteiger partial charge >= 0.3 is 58.4 Å². The van der Waals surface area contributed by atoms with Crippen molar-refractivity contribution in [2.24, 2.45) is 0 Å². The monoisotopic (exact) mass is 228 g/mol. The Bertz CT molecular complexity index is 303. The number of hydrogen-bond acceptors (Lipinski definition) is 2. The molecule has 0 atom stereocenters. The van der Waals surface area contributed by atoms with Crippen molar-refractivity contribution in [2.75, 3.05) is 19.0 Å². The maximum Gasteiger partial charge on any atom is 1.00 e. The van der Waals surface area contributed by atoms with Crippen LogP contribution in [0.3, 0.4) is 0 Å². The summed E-state index contributed by atoms with van der Waals surface area (Å²) in [5, 5.41) is 0. The van der Waals surface area contributed by atoms with Gasteiger partial charge in [0, 0.05) is 20.3 Å². The molecule has 0 unspecified atom stereocenters. The quantitative estimate of drug-likeness (QED) is 0.555. The van der Waals surface area contributed by atoms with Crippen LogP contribution in [0, 0.1) is 0 Å². The molecular weight excluding hydrogens is 219 g/mol. The summed E-state index contributed by atoms with van der Waals surface area (Å²) in [5.74, 6) is 0.316. The summed E-state index contributed by atoms with van der Waals surface area (Å²) in [4.78, 5) is 5.32. The molecule has 0 fully saturated rings. The van der Waals surface area contributed by atoms with E-state index in [1.807, 2.05) is 0 Å². The molecule has 7 heteroatoms. The zero-order valence-electron chi connectivity index (χ0n) is 8.34. The van der Waals surface area contributed by atoms with Crippen LogP contribution >= 0.6 is 0 Å². The summed E-state index contributed by atoms with van der Waals surface area (Å²) < 4.78 is 36.7. The molecule has 1 heterocycles.